The largest absolute Gasteiger partial charge is 0.493 e. The molecular weight excluding hydrogens is 383 g/mol. The molecule has 0 amide bonds. The zero-order valence-electron chi connectivity index (χ0n) is 15.5. The number of hydrogen-bond donors (Lipinski definition) is 1. The van der Waals surface area contributed by atoms with Gasteiger partial charge in [0.1, 0.15) is 5.69 Å². The maximum Gasteiger partial charge on any atom is 0.416 e. The van der Waals surface area contributed by atoms with E-state index < -0.39 is 11.7 Å². The molecule has 0 fully saturated rings. The second-order valence-electron chi connectivity index (χ2n) is 6.30. The van der Waals surface area contributed by atoms with E-state index in [9.17, 15) is 13.2 Å². The molecule has 1 N–H and O–H groups in total. The first-order valence-corrected chi connectivity index (χ1v) is 8.65. The zero-order valence-corrected chi connectivity index (χ0v) is 15.5. The molecule has 4 aromatic rings. The van der Waals surface area contributed by atoms with Crippen molar-refractivity contribution in [3.63, 3.8) is 0 Å². The number of rotatable bonds is 4. The van der Waals surface area contributed by atoms with Crippen molar-refractivity contribution in [1.29, 1.82) is 0 Å². The first-order chi connectivity index (χ1) is 13.9. The summed E-state index contributed by atoms with van der Waals surface area (Å²) in [6.07, 6.45) is -2.82. The highest BCUT2D eigenvalue weighted by Crippen LogP contribution is 2.38. The highest BCUT2D eigenvalue weighted by Gasteiger charge is 2.31. The van der Waals surface area contributed by atoms with Crippen LogP contribution in [0.2, 0.25) is 0 Å². The highest BCUT2D eigenvalue weighted by atomic mass is 19.4. The Morgan fingerprint density at radius 3 is 2.34 bits per heavy atom. The summed E-state index contributed by atoms with van der Waals surface area (Å²) in [5.74, 6) is 1.08. The third-order valence-corrected chi connectivity index (χ3v) is 4.60. The van der Waals surface area contributed by atoms with E-state index in [0.29, 0.717) is 39.4 Å². The second kappa shape index (κ2) is 7.12. The molecule has 4 rings (SSSR count). The van der Waals surface area contributed by atoms with Crippen molar-refractivity contribution in [2.45, 2.75) is 6.18 Å². The van der Waals surface area contributed by atoms with Crippen molar-refractivity contribution in [2.75, 3.05) is 14.2 Å². The third kappa shape index (κ3) is 3.37. The number of alkyl halides is 3. The molecule has 2 heterocycles. The van der Waals surface area contributed by atoms with Crippen molar-refractivity contribution < 1.29 is 22.6 Å². The fourth-order valence-corrected chi connectivity index (χ4v) is 3.22. The topological polar surface area (TPSA) is 60.0 Å². The summed E-state index contributed by atoms with van der Waals surface area (Å²) in [4.78, 5) is 4.46. The minimum atomic E-state index is -4.44. The van der Waals surface area contributed by atoms with E-state index in [2.05, 4.69) is 15.2 Å². The van der Waals surface area contributed by atoms with E-state index in [1.54, 1.807) is 30.5 Å². The molecule has 0 aliphatic heterocycles. The van der Waals surface area contributed by atoms with Crippen molar-refractivity contribution in [1.82, 2.24) is 15.2 Å². The number of aromatic amines is 1. The van der Waals surface area contributed by atoms with Crippen LogP contribution in [0.15, 0.2) is 54.7 Å². The Morgan fingerprint density at radius 2 is 1.62 bits per heavy atom. The standard InChI is InChI=1S/C21H16F3N3O2/c1-28-16-7-6-13(11-17(16)29-2)19-18-15(8-9-25-19)26-27-20(18)12-4-3-5-14(10-12)21(22,23)24/h3-11H,1-2H3,(H,26,27). The maximum atomic E-state index is 13.2. The number of H-pyrrole nitrogens is 1. The van der Waals surface area contributed by atoms with Crippen LogP contribution in [0.5, 0.6) is 11.5 Å². The average Bonchev–Trinajstić information content (AvgIpc) is 3.17. The number of aromatic nitrogens is 3. The van der Waals surface area contributed by atoms with Gasteiger partial charge in [0.25, 0.3) is 0 Å². The van der Waals surface area contributed by atoms with Gasteiger partial charge in [-0.25, -0.2) is 0 Å². The van der Waals surface area contributed by atoms with Gasteiger partial charge < -0.3 is 9.47 Å². The first kappa shape index (κ1) is 18.8. The number of methoxy groups -OCH3 is 2. The van der Waals surface area contributed by atoms with E-state index in [4.69, 9.17) is 9.47 Å². The lowest BCUT2D eigenvalue weighted by molar-refractivity contribution is -0.137. The molecule has 0 spiro atoms. The first-order valence-electron chi connectivity index (χ1n) is 8.65. The molecule has 0 saturated carbocycles. The number of ether oxygens (including phenoxy) is 2. The van der Waals surface area contributed by atoms with E-state index in [1.165, 1.54) is 20.3 Å². The van der Waals surface area contributed by atoms with Crippen LogP contribution < -0.4 is 9.47 Å². The molecule has 5 nitrogen and oxygen atoms in total. The fourth-order valence-electron chi connectivity index (χ4n) is 3.22. The molecule has 0 atom stereocenters. The molecule has 0 aliphatic carbocycles. The number of hydrogen-bond acceptors (Lipinski definition) is 4. The van der Waals surface area contributed by atoms with Crippen LogP contribution in [0.3, 0.4) is 0 Å². The van der Waals surface area contributed by atoms with Crippen molar-refractivity contribution in [2.24, 2.45) is 0 Å². The van der Waals surface area contributed by atoms with Gasteiger partial charge in [-0.3, -0.25) is 10.1 Å². The smallest absolute Gasteiger partial charge is 0.416 e. The Kier molecular flexibility index (Phi) is 4.62. The van der Waals surface area contributed by atoms with Crippen LogP contribution in [-0.4, -0.2) is 29.4 Å². The van der Waals surface area contributed by atoms with Gasteiger partial charge >= 0.3 is 6.18 Å². The van der Waals surface area contributed by atoms with Gasteiger partial charge in [-0.05, 0) is 36.4 Å². The summed E-state index contributed by atoms with van der Waals surface area (Å²) < 4.78 is 50.1. The lowest BCUT2D eigenvalue weighted by Gasteiger charge is -2.11. The molecule has 148 valence electrons. The minimum absolute atomic E-state index is 0.348. The molecule has 0 saturated heterocycles. The molecule has 0 bridgehead atoms. The molecule has 2 aromatic heterocycles. The van der Waals surface area contributed by atoms with Crippen LogP contribution in [-0.2, 0) is 6.18 Å². The van der Waals surface area contributed by atoms with Crippen molar-refractivity contribution in [3.05, 3.63) is 60.3 Å². The van der Waals surface area contributed by atoms with Gasteiger partial charge in [-0.1, -0.05) is 12.1 Å². The van der Waals surface area contributed by atoms with E-state index >= 15 is 0 Å². The fraction of sp³-hybridized carbons (Fsp3) is 0.143. The lowest BCUT2D eigenvalue weighted by Crippen LogP contribution is -2.04. The summed E-state index contributed by atoms with van der Waals surface area (Å²) >= 11 is 0. The van der Waals surface area contributed by atoms with Crippen molar-refractivity contribution >= 4 is 10.9 Å². The molecular formula is C21H16F3N3O2. The Morgan fingerprint density at radius 1 is 0.862 bits per heavy atom. The molecule has 2 aromatic carbocycles. The normalized spacial score (nSPS) is 11.6. The van der Waals surface area contributed by atoms with Gasteiger partial charge in [-0.15, -0.1) is 0 Å². The van der Waals surface area contributed by atoms with Gasteiger partial charge in [-0.2, -0.15) is 18.3 Å². The highest BCUT2D eigenvalue weighted by molar-refractivity contribution is 6.02. The number of pyridine rings is 1. The molecule has 0 radical (unpaired) electrons. The quantitative estimate of drug-likeness (QED) is 0.504. The average molecular weight is 399 g/mol. The molecule has 29 heavy (non-hydrogen) atoms. The summed E-state index contributed by atoms with van der Waals surface area (Å²) in [5.41, 5.74) is 1.97. The van der Waals surface area contributed by atoms with Gasteiger partial charge in [0, 0.05) is 17.3 Å². The monoisotopic (exact) mass is 399 g/mol. The Bertz CT molecular complexity index is 1190. The van der Waals surface area contributed by atoms with Crippen molar-refractivity contribution in [3.8, 4) is 34.0 Å². The van der Waals surface area contributed by atoms with Crippen LogP contribution in [0, 0.1) is 0 Å². The lowest BCUT2D eigenvalue weighted by atomic mass is 10.0. The Balaban J connectivity index is 1.92. The number of nitrogens with zero attached hydrogens (tertiary/aromatic N) is 2. The number of fused-ring (bicyclic) bond motifs is 1. The second-order valence-corrected chi connectivity index (χ2v) is 6.30. The summed E-state index contributed by atoms with van der Waals surface area (Å²) in [5, 5.41) is 7.77. The minimum Gasteiger partial charge on any atom is -0.493 e. The van der Waals surface area contributed by atoms with E-state index in [0.717, 1.165) is 17.7 Å². The maximum absolute atomic E-state index is 13.2. The van der Waals surface area contributed by atoms with Gasteiger partial charge in [0.2, 0.25) is 0 Å². The summed E-state index contributed by atoms with van der Waals surface area (Å²) in [6, 6.07) is 12.1. The predicted molar refractivity (Wildman–Crippen MR) is 103 cm³/mol. The van der Waals surface area contributed by atoms with Crippen LogP contribution in [0.4, 0.5) is 13.2 Å². The summed E-state index contributed by atoms with van der Waals surface area (Å²) in [6.45, 7) is 0. The number of nitrogens with one attached hydrogen (secondary N) is 1. The van der Waals surface area contributed by atoms with E-state index in [-0.39, 0.29) is 0 Å². The van der Waals surface area contributed by atoms with Crippen LogP contribution in [0.25, 0.3) is 33.4 Å². The third-order valence-electron chi connectivity index (χ3n) is 4.60. The SMILES string of the molecule is COc1ccc(-c2nccc3[nH]nc(-c4cccc(C(F)(F)F)c4)c23)cc1OC. The molecule has 0 aliphatic rings. The van der Waals surface area contributed by atoms with Crippen LogP contribution >= 0.6 is 0 Å². The van der Waals surface area contributed by atoms with Gasteiger partial charge in [0.15, 0.2) is 11.5 Å². The van der Waals surface area contributed by atoms with E-state index in [1.807, 2.05) is 6.07 Å². The van der Waals surface area contributed by atoms with Crippen LogP contribution in [0.1, 0.15) is 5.56 Å². The number of halogens is 3. The molecule has 0 unspecified atom stereocenters. The Labute approximate surface area is 164 Å². The number of benzene rings is 2. The zero-order chi connectivity index (χ0) is 20.6. The van der Waals surface area contributed by atoms with Gasteiger partial charge in [0.05, 0.1) is 36.4 Å². The molecule has 8 heteroatoms. The Hall–Kier alpha value is -3.55. The predicted octanol–water partition coefficient (Wildman–Crippen LogP) is 5.33. The summed E-state index contributed by atoms with van der Waals surface area (Å²) in [7, 11) is 3.07.